The predicted octanol–water partition coefficient (Wildman–Crippen LogP) is 1.53. The molecular weight excluding hydrogens is 344 g/mol. The lowest BCUT2D eigenvalue weighted by Crippen LogP contribution is -2.54. The molecule has 1 unspecified atom stereocenters. The van der Waals surface area contributed by atoms with Gasteiger partial charge in [-0.15, -0.1) is 0 Å². The molecule has 2 heterocycles. The fourth-order valence-electron chi connectivity index (χ4n) is 3.52. The summed E-state index contributed by atoms with van der Waals surface area (Å²) in [4.78, 5) is 25.7. The highest BCUT2D eigenvalue weighted by Crippen LogP contribution is 2.29. The van der Waals surface area contributed by atoms with Gasteiger partial charge >= 0.3 is 6.03 Å². The lowest BCUT2D eigenvalue weighted by Gasteiger charge is -2.27. The molecule has 0 aromatic carbocycles. The summed E-state index contributed by atoms with van der Waals surface area (Å²) in [7, 11) is 0. The topological polar surface area (TPSA) is 114 Å². The van der Waals surface area contributed by atoms with Crippen molar-refractivity contribution in [3.63, 3.8) is 0 Å². The van der Waals surface area contributed by atoms with Gasteiger partial charge in [-0.2, -0.15) is 10.4 Å². The number of hydrogen-bond donors (Lipinski definition) is 3. The fourth-order valence-corrected chi connectivity index (χ4v) is 3.73. The number of nitriles is 1. The van der Waals surface area contributed by atoms with Crippen molar-refractivity contribution in [2.45, 2.75) is 50.1 Å². The zero-order chi connectivity index (χ0) is 17.9. The molecule has 1 aliphatic carbocycles. The summed E-state index contributed by atoms with van der Waals surface area (Å²) < 4.78 is 0. The van der Waals surface area contributed by atoms with Crippen LogP contribution < -0.4 is 21.1 Å². The number of urea groups is 1. The summed E-state index contributed by atoms with van der Waals surface area (Å²) in [6.45, 7) is 0.758. The van der Waals surface area contributed by atoms with Crippen LogP contribution in [0.25, 0.3) is 0 Å². The summed E-state index contributed by atoms with van der Waals surface area (Å²) in [5.74, 6) is 0. The van der Waals surface area contributed by atoms with Crippen LogP contribution >= 0.6 is 11.6 Å². The van der Waals surface area contributed by atoms with E-state index in [0.717, 1.165) is 25.7 Å². The van der Waals surface area contributed by atoms with Crippen molar-refractivity contribution in [1.82, 2.24) is 20.8 Å². The quantitative estimate of drug-likeness (QED) is 0.752. The van der Waals surface area contributed by atoms with Gasteiger partial charge in [0.25, 0.3) is 5.56 Å². The van der Waals surface area contributed by atoms with E-state index in [1.54, 1.807) is 4.90 Å². The zero-order valence-electron chi connectivity index (χ0n) is 13.8. The number of amides is 2. The number of carbonyl (C=O) groups is 1. The molecule has 3 rings (SSSR count). The third kappa shape index (κ3) is 3.87. The van der Waals surface area contributed by atoms with Crippen molar-refractivity contribution in [3.05, 3.63) is 21.6 Å². The number of nitrogens with one attached hydrogen (secondary N) is 3. The lowest BCUT2D eigenvalue weighted by molar-refractivity contribution is 0.225. The van der Waals surface area contributed by atoms with Crippen LogP contribution in [0.2, 0.25) is 5.02 Å². The maximum atomic E-state index is 12.3. The number of H-pyrrole nitrogens is 1. The minimum absolute atomic E-state index is 0.0374. The van der Waals surface area contributed by atoms with Crippen LogP contribution in [0.5, 0.6) is 0 Å². The second-order valence-corrected chi connectivity index (χ2v) is 7.08. The summed E-state index contributed by atoms with van der Waals surface area (Å²) >= 11 is 6.04. The molecule has 1 aliphatic heterocycles. The van der Waals surface area contributed by atoms with Crippen LogP contribution in [-0.4, -0.2) is 40.9 Å². The molecule has 1 saturated carbocycles. The molecule has 134 valence electrons. The number of anilines is 1. The van der Waals surface area contributed by atoms with Gasteiger partial charge < -0.3 is 15.5 Å². The number of halogens is 1. The molecule has 9 heteroatoms. The molecule has 1 aromatic heterocycles. The fraction of sp³-hybridized carbons (Fsp3) is 0.625. The number of aromatic nitrogens is 2. The number of hydrogen-bond acceptors (Lipinski definition) is 5. The first-order valence-corrected chi connectivity index (χ1v) is 8.89. The van der Waals surface area contributed by atoms with Crippen LogP contribution in [0.1, 0.15) is 38.5 Å². The van der Waals surface area contributed by atoms with Gasteiger partial charge in [-0.1, -0.05) is 30.9 Å². The second kappa shape index (κ2) is 7.31. The number of nitrogens with zero attached hydrogens (tertiary/aromatic N) is 3. The average Bonchev–Trinajstić information content (AvgIpc) is 3.02. The highest BCUT2D eigenvalue weighted by molar-refractivity contribution is 6.33. The standard InChI is InChI=1S/C16H21ClN6O2/c17-13-12(8-19-22-14(13)24)23-7-6-16(9-18,10-23)21-15(25)20-11-4-2-1-3-5-11/h8,11H,1-7,10H2,(H,22,24)(H2,20,21,25). The Morgan fingerprint density at radius 3 is 2.92 bits per heavy atom. The van der Waals surface area contributed by atoms with Gasteiger partial charge in [-0.25, -0.2) is 9.89 Å². The minimum atomic E-state index is -1.01. The molecule has 1 atom stereocenters. The van der Waals surface area contributed by atoms with Gasteiger partial charge in [0.05, 0.1) is 24.5 Å². The van der Waals surface area contributed by atoms with Crippen molar-refractivity contribution < 1.29 is 4.79 Å². The Hall–Kier alpha value is -2.27. The molecular formula is C16H21ClN6O2. The maximum absolute atomic E-state index is 12.3. The SMILES string of the molecule is N#CC1(NC(=O)NC2CCCCC2)CCN(c2cn[nH]c(=O)c2Cl)C1. The van der Waals surface area contributed by atoms with E-state index in [4.69, 9.17) is 11.6 Å². The van der Waals surface area contributed by atoms with E-state index in [1.807, 2.05) is 0 Å². The molecule has 2 amide bonds. The van der Waals surface area contributed by atoms with Crippen molar-refractivity contribution >= 4 is 23.3 Å². The molecule has 8 nitrogen and oxygen atoms in total. The Balaban J connectivity index is 1.66. The van der Waals surface area contributed by atoms with Crippen molar-refractivity contribution in [2.24, 2.45) is 0 Å². The zero-order valence-corrected chi connectivity index (χ0v) is 14.6. The summed E-state index contributed by atoms with van der Waals surface area (Å²) in [6, 6.07) is 2.08. The Labute approximate surface area is 150 Å². The molecule has 1 aromatic rings. The van der Waals surface area contributed by atoms with E-state index in [2.05, 4.69) is 26.9 Å². The van der Waals surface area contributed by atoms with E-state index < -0.39 is 11.1 Å². The normalized spacial score (nSPS) is 23.9. The largest absolute Gasteiger partial charge is 0.365 e. The first-order chi connectivity index (χ1) is 12.0. The minimum Gasteiger partial charge on any atom is -0.365 e. The van der Waals surface area contributed by atoms with Gasteiger partial charge in [0, 0.05) is 19.0 Å². The van der Waals surface area contributed by atoms with Crippen molar-refractivity contribution in [1.29, 1.82) is 5.26 Å². The lowest BCUT2D eigenvalue weighted by atomic mass is 9.95. The van der Waals surface area contributed by atoms with Gasteiger partial charge in [-0.3, -0.25) is 4.79 Å². The number of carbonyl (C=O) groups excluding carboxylic acids is 1. The van der Waals surface area contributed by atoms with Crippen LogP contribution in [-0.2, 0) is 0 Å². The van der Waals surface area contributed by atoms with Gasteiger partial charge in [0.15, 0.2) is 0 Å². The number of rotatable bonds is 3. The summed E-state index contributed by atoms with van der Waals surface area (Å²) in [5, 5.41) is 21.5. The molecule has 25 heavy (non-hydrogen) atoms. The van der Waals surface area contributed by atoms with Crippen molar-refractivity contribution in [3.8, 4) is 6.07 Å². The van der Waals surface area contributed by atoms with E-state index in [-0.39, 0.29) is 23.6 Å². The maximum Gasteiger partial charge on any atom is 0.316 e. The molecule has 0 bridgehead atoms. The third-order valence-electron chi connectivity index (χ3n) is 4.89. The van der Waals surface area contributed by atoms with Gasteiger partial charge in [0.1, 0.15) is 10.6 Å². The van der Waals surface area contributed by atoms with Crippen LogP contribution in [0, 0.1) is 11.3 Å². The first kappa shape index (κ1) is 17.5. The molecule has 2 fully saturated rings. The Morgan fingerprint density at radius 1 is 1.44 bits per heavy atom. The Bertz CT molecular complexity index is 739. The summed E-state index contributed by atoms with van der Waals surface area (Å²) in [5.41, 5.74) is -1.02. The van der Waals surface area contributed by atoms with E-state index >= 15 is 0 Å². The predicted molar refractivity (Wildman–Crippen MR) is 93.6 cm³/mol. The van der Waals surface area contributed by atoms with Gasteiger partial charge in [-0.05, 0) is 12.8 Å². The van der Waals surface area contributed by atoms with Crippen LogP contribution in [0.15, 0.2) is 11.0 Å². The van der Waals surface area contributed by atoms with Crippen LogP contribution in [0.3, 0.4) is 0 Å². The first-order valence-electron chi connectivity index (χ1n) is 8.51. The molecule has 3 N–H and O–H groups in total. The second-order valence-electron chi connectivity index (χ2n) is 6.70. The van der Waals surface area contributed by atoms with Crippen molar-refractivity contribution in [2.75, 3.05) is 18.0 Å². The van der Waals surface area contributed by atoms with E-state index in [0.29, 0.717) is 18.7 Å². The van der Waals surface area contributed by atoms with Gasteiger partial charge in [0.2, 0.25) is 0 Å². The van der Waals surface area contributed by atoms with E-state index in [1.165, 1.54) is 12.6 Å². The molecule has 2 aliphatic rings. The molecule has 1 saturated heterocycles. The average molecular weight is 365 g/mol. The molecule has 0 spiro atoms. The third-order valence-corrected chi connectivity index (χ3v) is 5.26. The Kier molecular flexibility index (Phi) is 5.13. The smallest absolute Gasteiger partial charge is 0.316 e. The molecule has 0 radical (unpaired) electrons. The summed E-state index contributed by atoms with van der Waals surface area (Å²) in [6.07, 6.45) is 7.32. The highest BCUT2D eigenvalue weighted by Gasteiger charge is 2.41. The highest BCUT2D eigenvalue weighted by atomic mass is 35.5. The monoisotopic (exact) mass is 364 g/mol. The van der Waals surface area contributed by atoms with Crippen LogP contribution in [0.4, 0.5) is 10.5 Å². The Morgan fingerprint density at radius 2 is 2.20 bits per heavy atom. The van der Waals surface area contributed by atoms with E-state index in [9.17, 15) is 14.9 Å². The number of aromatic amines is 1.